The maximum absolute atomic E-state index is 11.1. The Labute approximate surface area is 139 Å². The summed E-state index contributed by atoms with van der Waals surface area (Å²) in [6, 6.07) is 15.9. The fourth-order valence-corrected chi connectivity index (χ4v) is 2.93. The van der Waals surface area contributed by atoms with Crippen LogP contribution in [0.4, 0.5) is 16.5 Å². The van der Waals surface area contributed by atoms with Gasteiger partial charge in [0.15, 0.2) is 5.13 Å². The number of benzene rings is 2. The summed E-state index contributed by atoms with van der Waals surface area (Å²) < 4.78 is 0. The molecule has 0 aliphatic rings. The van der Waals surface area contributed by atoms with E-state index in [4.69, 9.17) is 0 Å². The minimum Gasteiger partial charge on any atom is -0.331 e. The number of rotatable bonds is 4. The summed E-state index contributed by atoms with van der Waals surface area (Å²) in [6.07, 6.45) is 0. The van der Waals surface area contributed by atoms with Gasteiger partial charge in [0.25, 0.3) is 0 Å². The zero-order valence-electron chi connectivity index (χ0n) is 13.0. The van der Waals surface area contributed by atoms with Crippen molar-refractivity contribution >= 4 is 33.8 Å². The lowest BCUT2D eigenvalue weighted by Gasteiger charge is -2.06. The minimum atomic E-state index is -0.0851. The SMILES string of the molecule is CC(=O)Nc1cccc(Nc2nc(-c3ccc(C)cc3)cs2)c1. The highest BCUT2D eigenvalue weighted by Gasteiger charge is 2.05. The molecule has 0 bridgehead atoms. The molecule has 1 aromatic heterocycles. The third kappa shape index (κ3) is 3.96. The molecule has 0 fully saturated rings. The predicted octanol–water partition coefficient (Wildman–Crippen LogP) is 4.82. The third-order valence-electron chi connectivity index (χ3n) is 3.29. The zero-order chi connectivity index (χ0) is 16.2. The van der Waals surface area contributed by atoms with Crippen LogP contribution >= 0.6 is 11.3 Å². The lowest BCUT2D eigenvalue weighted by molar-refractivity contribution is -0.114. The molecule has 0 saturated heterocycles. The first-order valence-electron chi connectivity index (χ1n) is 7.27. The maximum atomic E-state index is 11.1. The van der Waals surface area contributed by atoms with E-state index in [-0.39, 0.29) is 5.91 Å². The Bertz CT molecular complexity index is 824. The summed E-state index contributed by atoms with van der Waals surface area (Å²) in [7, 11) is 0. The molecular formula is C18H17N3OS. The normalized spacial score (nSPS) is 10.3. The number of amides is 1. The fourth-order valence-electron chi connectivity index (χ4n) is 2.19. The van der Waals surface area contributed by atoms with Crippen LogP contribution in [0.5, 0.6) is 0 Å². The van der Waals surface area contributed by atoms with Gasteiger partial charge in [-0.2, -0.15) is 0 Å². The first kappa shape index (κ1) is 15.2. The number of aromatic nitrogens is 1. The van der Waals surface area contributed by atoms with E-state index in [2.05, 4.69) is 46.8 Å². The van der Waals surface area contributed by atoms with E-state index < -0.39 is 0 Å². The quantitative estimate of drug-likeness (QED) is 0.723. The second-order valence-electron chi connectivity index (χ2n) is 5.29. The van der Waals surface area contributed by atoms with Crippen molar-refractivity contribution in [3.8, 4) is 11.3 Å². The van der Waals surface area contributed by atoms with Crippen molar-refractivity contribution in [3.05, 3.63) is 59.5 Å². The van der Waals surface area contributed by atoms with E-state index in [0.29, 0.717) is 0 Å². The minimum absolute atomic E-state index is 0.0851. The first-order chi connectivity index (χ1) is 11.1. The molecule has 0 spiro atoms. The molecule has 2 aromatic carbocycles. The van der Waals surface area contributed by atoms with Gasteiger partial charge in [-0.25, -0.2) is 4.98 Å². The summed E-state index contributed by atoms with van der Waals surface area (Å²) >= 11 is 1.55. The largest absolute Gasteiger partial charge is 0.331 e. The van der Waals surface area contributed by atoms with Crippen LogP contribution in [0.1, 0.15) is 12.5 Å². The molecule has 1 heterocycles. The molecule has 0 unspecified atom stereocenters. The molecule has 0 radical (unpaired) electrons. The lowest BCUT2D eigenvalue weighted by atomic mass is 10.1. The number of hydrogen-bond acceptors (Lipinski definition) is 4. The average Bonchev–Trinajstić information content (AvgIpc) is 2.96. The summed E-state index contributed by atoms with van der Waals surface area (Å²) in [4.78, 5) is 15.7. The van der Waals surface area contributed by atoms with Crippen molar-refractivity contribution in [1.29, 1.82) is 0 Å². The van der Waals surface area contributed by atoms with Crippen molar-refractivity contribution in [2.75, 3.05) is 10.6 Å². The Balaban J connectivity index is 1.76. The maximum Gasteiger partial charge on any atom is 0.221 e. The molecule has 2 N–H and O–H groups in total. The summed E-state index contributed by atoms with van der Waals surface area (Å²) in [5.74, 6) is -0.0851. The monoisotopic (exact) mass is 323 g/mol. The molecule has 3 aromatic rings. The van der Waals surface area contributed by atoms with E-state index in [0.717, 1.165) is 27.8 Å². The Kier molecular flexibility index (Phi) is 4.39. The Hall–Kier alpha value is -2.66. The lowest BCUT2D eigenvalue weighted by Crippen LogP contribution is -2.05. The van der Waals surface area contributed by atoms with Gasteiger partial charge < -0.3 is 10.6 Å². The van der Waals surface area contributed by atoms with Crippen molar-refractivity contribution in [3.63, 3.8) is 0 Å². The van der Waals surface area contributed by atoms with E-state index in [1.165, 1.54) is 12.5 Å². The number of hydrogen-bond donors (Lipinski definition) is 2. The van der Waals surface area contributed by atoms with Crippen molar-refractivity contribution in [2.45, 2.75) is 13.8 Å². The topological polar surface area (TPSA) is 54.0 Å². The zero-order valence-corrected chi connectivity index (χ0v) is 13.8. The predicted molar refractivity (Wildman–Crippen MR) is 96.3 cm³/mol. The molecular weight excluding hydrogens is 306 g/mol. The van der Waals surface area contributed by atoms with E-state index >= 15 is 0 Å². The molecule has 0 aliphatic carbocycles. The molecule has 0 atom stereocenters. The summed E-state index contributed by atoms with van der Waals surface area (Å²) in [5, 5.41) is 8.90. The Morgan fingerprint density at radius 1 is 1.09 bits per heavy atom. The molecule has 0 aliphatic heterocycles. The molecule has 4 nitrogen and oxygen atoms in total. The second kappa shape index (κ2) is 6.62. The number of nitrogens with zero attached hydrogens (tertiary/aromatic N) is 1. The van der Waals surface area contributed by atoms with Crippen LogP contribution in [-0.4, -0.2) is 10.9 Å². The second-order valence-corrected chi connectivity index (χ2v) is 6.15. The molecule has 0 saturated carbocycles. The van der Waals surface area contributed by atoms with Crippen molar-refractivity contribution in [2.24, 2.45) is 0 Å². The van der Waals surface area contributed by atoms with Gasteiger partial charge in [-0.3, -0.25) is 4.79 Å². The first-order valence-corrected chi connectivity index (χ1v) is 8.15. The van der Waals surface area contributed by atoms with Crippen LogP contribution in [0, 0.1) is 6.92 Å². The number of carbonyl (C=O) groups excluding carboxylic acids is 1. The van der Waals surface area contributed by atoms with Gasteiger partial charge in [-0.15, -0.1) is 11.3 Å². The van der Waals surface area contributed by atoms with Crippen LogP contribution in [0.15, 0.2) is 53.9 Å². The van der Waals surface area contributed by atoms with Gasteiger partial charge >= 0.3 is 0 Å². The van der Waals surface area contributed by atoms with Gasteiger partial charge in [0.1, 0.15) is 0 Å². The number of carbonyl (C=O) groups is 1. The van der Waals surface area contributed by atoms with Gasteiger partial charge in [0.2, 0.25) is 5.91 Å². The van der Waals surface area contributed by atoms with Crippen LogP contribution < -0.4 is 10.6 Å². The highest BCUT2D eigenvalue weighted by Crippen LogP contribution is 2.28. The van der Waals surface area contributed by atoms with Gasteiger partial charge in [-0.05, 0) is 25.1 Å². The van der Waals surface area contributed by atoms with Crippen LogP contribution in [0.3, 0.4) is 0 Å². The highest BCUT2D eigenvalue weighted by molar-refractivity contribution is 7.14. The molecule has 1 amide bonds. The standard InChI is InChI=1S/C18H17N3OS/c1-12-6-8-14(9-7-12)17-11-23-18(21-17)20-16-5-3-4-15(10-16)19-13(2)22/h3-11H,1-2H3,(H,19,22)(H,20,21). The number of thiazole rings is 1. The van der Waals surface area contributed by atoms with Crippen LogP contribution in [0.25, 0.3) is 11.3 Å². The third-order valence-corrected chi connectivity index (χ3v) is 4.04. The molecule has 116 valence electrons. The van der Waals surface area contributed by atoms with Crippen LogP contribution in [0.2, 0.25) is 0 Å². The van der Waals surface area contributed by atoms with Gasteiger partial charge in [-0.1, -0.05) is 35.9 Å². The molecule has 3 rings (SSSR count). The van der Waals surface area contributed by atoms with Crippen molar-refractivity contribution in [1.82, 2.24) is 4.98 Å². The van der Waals surface area contributed by atoms with Crippen molar-refractivity contribution < 1.29 is 4.79 Å². The Morgan fingerprint density at radius 2 is 1.83 bits per heavy atom. The number of aryl methyl sites for hydroxylation is 1. The van der Waals surface area contributed by atoms with Gasteiger partial charge in [0, 0.05) is 29.2 Å². The van der Waals surface area contributed by atoms with Gasteiger partial charge in [0.05, 0.1) is 5.69 Å². The molecule has 23 heavy (non-hydrogen) atoms. The molecule has 5 heteroatoms. The summed E-state index contributed by atoms with van der Waals surface area (Å²) in [6.45, 7) is 3.56. The average molecular weight is 323 g/mol. The highest BCUT2D eigenvalue weighted by atomic mass is 32.1. The smallest absolute Gasteiger partial charge is 0.221 e. The Morgan fingerprint density at radius 3 is 2.57 bits per heavy atom. The van der Waals surface area contributed by atoms with E-state index in [1.807, 2.05) is 29.6 Å². The van der Waals surface area contributed by atoms with E-state index in [9.17, 15) is 4.79 Å². The van der Waals surface area contributed by atoms with Crippen LogP contribution in [-0.2, 0) is 4.79 Å². The summed E-state index contributed by atoms with van der Waals surface area (Å²) in [5.41, 5.74) is 4.94. The number of nitrogens with one attached hydrogen (secondary N) is 2. The fraction of sp³-hybridized carbons (Fsp3) is 0.111. The van der Waals surface area contributed by atoms with E-state index in [1.54, 1.807) is 11.3 Å². The number of anilines is 3.